The van der Waals surface area contributed by atoms with Crippen LogP contribution in [-0.4, -0.2) is 84.9 Å². The van der Waals surface area contributed by atoms with Crippen molar-refractivity contribution in [2.24, 2.45) is 17.8 Å². The number of fused-ring (bicyclic) bond motifs is 9. The van der Waals surface area contributed by atoms with Crippen LogP contribution in [0.4, 0.5) is 5.69 Å². The molecule has 7 bridgehead atoms. The van der Waals surface area contributed by atoms with Gasteiger partial charge in [0.25, 0.3) is 11.7 Å². The monoisotopic (exact) mass is 727 g/mol. The normalized spacial score (nSPS) is 33.0. The predicted molar refractivity (Wildman–Crippen MR) is 197 cm³/mol. The number of methoxy groups -OCH3 is 1. The number of aromatic hydroxyl groups is 2. The third-order valence-corrected chi connectivity index (χ3v) is 11.1. The zero-order valence-corrected chi connectivity index (χ0v) is 30.9. The minimum absolute atomic E-state index is 0.00760. The number of benzene rings is 2. The molecule has 8 rings (SSSR count). The van der Waals surface area contributed by atoms with Gasteiger partial charge in [0, 0.05) is 54.5 Å². The van der Waals surface area contributed by atoms with Gasteiger partial charge in [-0.2, -0.15) is 0 Å². The van der Waals surface area contributed by atoms with Gasteiger partial charge in [0.2, 0.25) is 0 Å². The Morgan fingerprint density at radius 3 is 2.42 bits per heavy atom. The third kappa shape index (κ3) is 5.65. The van der Waals surface area contributed by atoms with Crippen molar-refractivity contribution in [3.63, 3.8) is 0 Å². The largest absolute Gasteiger partial charge is 0.507 e. The number of carbonyl (C=O) groups excluding carboxylic acids is 2. The number of anilines is 1. The number of hydrogen-bond acceptors (Lipinski definition) is 11. The van der Waals surface area contributed by atoms with E-state index in [1.807, 2.05) is 39.0 Å². The molecule has 280 valence electrons. The van der Waals surface area contributed by atoms with Crippen molar-refractivity contribution in [3.05, 3.63) is 71.2 Å². The first-order chi connectivity index (χ1) is 25.1. The second-order valence-corrected chi connectivity index (χ2v) is 14.7. The second kappa shape index (κ2) is 13.2. The highest BCUT2D eigenvalue weighted by atomic mass is 16.7. The number of aromatic nitrogens is 2. The van der Waals surface area contributed by atoms with Crippen LogP contribution in [0.3, 0.4) is 0 Å². The number of amides is 1. The Kier molecular flexibility index (Phi) is 9.05. The Labute approximate surface area is 306 Å². The molecule has 1 fully saturated rings. The molecule has 9 atom stereocenters. The van der Waals surface area contributed by atoms with Gasteiger partial charge >= 0.3 is 5.79 Å². The Morgan fingerprint density at radius 1 is 0.981 bits per heavy atom. The standard InChI is InChI=1S/C40H45N3O10/c1-17-12-14-43-24(16-17)41-28-25-26-31(44)21(5)36-27(25)38(48)40(7,53-36)51-15-13-23(50-8)20(4)32(45)37-33(46)22(6)35(52-37)18(2)10-9-11-19(3)39(49)42-29(30(28)43)34(26)47/h9-16,18,20,22-23,32-33,35,37,44-47H,1-8H3,(H,42,49)/b10-9+,15-13+,19-11-/t18?,20?,22?,23?,32?,33?,35?,37?,40-/m0/s1. The number of aryl methyl sites for hydroxylation is 1. The first-order valence-corrected chi connectivity index (χ1v) is 17.7. The maximum atomic E-state index is 14.5. The van der Waals surface area contributed by atoms with Crippen LogP contribution in [0.5, 0.6) is 17.2 Å². The van der Waals surface area contributed by atoms with Crippen LogP contribution in [0.2, 0.25) is 0 Å². The summed E-state index contributed by atoms with van der Waals surface area (Å²) < 4.78 is 25.9. The lowest BCUT2D eigenvalue weighted by Crippen LogP contribution is -2.44. The van der Waals surface area contributed by atoms with Crippen molar-refractivity contribution in [3.8, 4) is 17.2 Å². The van der Waals surface area contributed by atoms with E-state index in [0.717, 1.165) is 5.56 Å². The van der Waals surface area contributed by atoms with Crippen LogP contribution < -0.4 is 10.1 Å². The van der Waals surface area contributed by atoms with E-state index in [4.69, 9.17) is 23.9 Å². The summed E-state index contributed by atoms with van der Waals surface area (Å²) >= 11 is 0. The lowest BCUT2D eigenvalue weighted by Gasteiger charge is -2.30. The van der Waals surface area contributed by atoms with E-state index in [0.29, 0.717) is 16.7 Å². The van der Waals surface area contributed by atoms with Crippen molar-refractivity contribution in [1.29, 1.82) is 0 Å². The molecule has 2 aromatic heterocycles. The smallest absolute Gasteiger partial charge is 0.312 e. The van der Waals surface area contributed by atoms with Crippen molar-refractivity contribution >= 4 is 44.8 Å². The van der Waals surface area contributed by atoms with Gasteiger partial charge in [-0.3, -0.25) is 14.0 Å². The van der Waals surface area contributed by atoms with E-state index < -0.39 is 59.7 Å². The first-order valence-electron chi connectivity index (χ1n) is 17.7. The number of allylic oxidation sites excluding steroid dienone is 2. The number of rotatable bonds is 1. The predicted octanol–water partition coefficient (Wildman–Crippen LogP) is 5.36. The summed E-state index contributed by atoms with van der Waals surface area (Å²) in [5.74, 6) is -4.91. The van der Waals surface area contributed by atoms with Gasteiger partial charge in [0.15, 0.2) is 5.75 Å². The molecule has 0 radical (unpaired) electrons. The summed E-state index contributed by atoms with van der Waals surface area (Å²) in [4.78, 5) is 33.1. The first kappa shape index (κ1) is 36.4. The van der Waals surface area contributed by atoms with Gasteiger partial charge in [0.05, 0.1) is 41.6 Å². The molecule has 0 spiro atoms. The zero-order chi connectivity index (χ0) is 38.3. The molecule has 4 aromatic rings. The van der Waals surface area contributed by atoms with E-state index >= 15 is 0 Å². The summed E-state index contributed by atoms with van der Waals surface area (Å²) in [6, 6.07) is 3.67. The number of imidazole rings is 1. The summed E-state index contributed by atoms with van der Waals surface area (Å²) in [5, 5.41) is 49.1. The Morgan fingerprint density at radius 2 is 1.70 bits per heavy atom. The maximum absolute atomic E-state index is 14.5. The molecular weight excluding hydrogens is 682 g/mol. The van der Waals surface area contributed by atoms with Gasteiger partial charge < -0.3 is 44.7 Å². The van der Waals surface area contributed by atoms with Crippen LogP contribution in [0.25, 0.3) is 27.5 Å². The summed E-state index contributed by atoms with van der Waals surface area (Å²) in [6.07, 6.45) is 5.62. The number of phenolic OH excluding ortho intramolecular Hbond substituents is 2. The Balaban J connectivity index is 1.45. The lowest BCUT2D eigenvalue weighted by molar-refractivity contribution is -0.112. The molecule has 1 amide bonds. The second-order valence-electron chi connectivity index (χ2n) is 14.7. The van der Waals surface area contributed by atoms with Crippen LogP contribution >= 0.6 is 0 Å². The van der Waals surface area contributed by atoms with Crippen LogP contribution in [-0.2, 0) is 19.0 Å². The molecule has 53 heavy (non-hydrogen) atoms. The minimum atomic E-state index is -1.91. The quantitative estimate of drug-likeness (QED) is 0.159. The number of nitrogens with zero attached hydrogens (tertiary/aromatic N) is 2. The fourth-order valence-corrected chi connectivity index (χ4v) is 7.86. The molecule has 4 aliphatic rings. The number of phenols is 2. The van der Waals surface area contributed by atoms with E-state index in [1.54, 1.807) is 49.6 Å². The molecule has 4 aliphatic heterocycles. The summed E-state index contributed by atoms with van der Waals surface area (Å²) in [5.41, 5.74) is 2.43. The van der Waals surface area contributed by atoms with Gasteiger partial charge in [-0.1, -0.05) is 39.0 Å². The molecule has 13 heteroatoms. The topological polar surface area (TPSA) is 181 Å². The van der Waals surface area contributed by atoms with Gasteiger partial charge in [-0.25, -0.2) is 4.98 Å². The van der Waals surface area contributed by atoms with Crippen LogP contribution in [0, 0.1) is 31.6 Å². The number of ether oxygens (including phenoxy) is 4. The Hall–Kier alpha value is -4.95. The number of carbonyl (C=O) groups is 2. The number of hydrogen-bond donors (Lipinski definition) is 5. The SMILES string of the molecule is COC1/C=C/O[C@@]2(C)Oc3c(C)c(O)c4c(O)c(c5c(nc6cc(C)ccn65)c4c3C2=O)NC(=O)/C(C)=C\C=C\C(C)C2OC(C(O)C1C)C(O)C2C. The minimum Gasteiger partial charge on any atom is -0.507 e. The number of aliphatic hydroxyl groups excluding tert-OH is 2. The number of aliphatic hydroxyl groups is 2. The average molecular weight is 728 g/mol. The number of nitrogens with one attached hydrogen (secondary N) is 1. The van der Waals surface area contributed by atoms with Crippen LogP contribution in [0.15, 0.2) is 54.5 Å². The molecule has 2 aromatic carbocycles. The van der Waals surface area contributed by atoms with Gasteiger partial charge in [-0.05, 0) is 44.5 Å². The highest BCUT2D eigenvalue weighted by Gasteiger charge is 2.50. The summed E-state index contributed by atoms with van der Waals surface area (Å²) in [7, 11) is 1.47. The highest BCUT2D eigenvalue weighted by molar-refractivity contribution is 6.28. The van der Waals surface area contributed by atoms with Crippen molar-refractivity contribution in [2.75, 3.05) is 12.4 Å². The number of pyridine rings is 1. The van der Waals surface area contributed by atoms with E-state index in [-0.39, 0.29) is 56.4 Å². The van der Waals surface area contributed by atoms with E-state index in [1.165, 1.54) is 20.3 Å². The molecule has 0 saturated carbocycles. The fraction of sp³-hybridized carbons (Fsp3) is 0.425. The lowest BCUT2D eigenvalue weighted by atomic mass is 9.86. The molecular formula is C40H45N3O10. The third-order valence-electron chi connectivity index (χ3n) is 11.1. The molecule has 6 heterocycles. The fourth-order valence-electron chi connectivity index (χ4n) is 7.86. The van der Waals surface area contributed by atoms with Crippen molar-refractivity contribution < 1.29 is 49.0 Å². The van der Waals surface area contributed by atoms with Crippen molar-refractivity contribution in [1.82, 2.24) is 9.38 Å². The summed E-state index contributed by atoms with van der Waals surface area (Å²) in [6.45, 7) is 12.1. The molecule has 1 saturated heterocycles. The Bertz CT molecular complexity index is 2270. The van der Waals surface area contributed by atoms with Gasteiger partial charge in [0.1, 0.15) is 40.0 Å². The van der Waals surface area contributed by atoms with E-state index in [2.05, 4.69) is 5.32 Å². The molecule has 13 nitrogen and oxygen atoms in total. The average Bonchev–Trinajstić information content (AvgIpc) is 3.73. The van der Waals surface area contributed by atoms with Gasteiger partial charge in [-0.15, -0.1) is 0 Å². The zero-order valence-electron chi connectivity index (χ0n) is 30.9. The van der Waals surface area contributed by atoms with Crippen molar-refractivity contribution in [2.45, 2.75) is 84.8 Å². The molecule has 0 aliphatic carbocycles. The maximum Gasteiger partial charge on any atom is 0.312 e. The highest BCUT2D eigenvalue weighted by Crippen LogP contribution is 2.54. The number of Topliss-reactive ketones (excluding diaryl/α,β-unsaturated/α-hetero) is 1. The molecule has 5 N–H and O–H groups in total. The molecule has 8 unspecified atom stereocenters. The van der Waals surface area contributed by atoms with E-state index in [9.17, 15) is 30.0 Å². The number of ketones is 1. The van der Waals surface area contributed by atoms with Crippen LogP contribution in [0.1, 0.15) is 56.1 Å².